The van der Waals surface area contributed by atoms with E-state index in [0.717, 1.165) is 36.9 Å². The van der Waals surface area contributed by atoms with E-state index in [1.54, 1.807) is 7.11 Å². The number of Topliss-reactive ketones (excluding diaryl/α,β-unsaturated/α-hetero) is 1. The molecule has 2 amide bonds. The first-order chi connectivity index (χ1) is 17.9. The van der Waals surface area contributed by atoms with Gasteiger partial charge in [0.2, 0.25) is 5.91 Å². The maximum absolute atomic E-state index is 14.2. The zero-order chi connectivity index (χ0) is 26.4. The van der Waals surface area contributed by atoms with Crippen molar-refractivity contribution in [1.29, 1.82) is 0 Å². The number of ether oxygens (including phenoxy) is 2. The summed E-state index contributed by atoms with van der Waals surface area (Å²) in [5, 5.41) is 3.44. The van der Waals surface area contributed by atoms with E-state index in [2.05, 4.69) is 19.2 Å². The molecule has 2 saturated heterocycles. The van der Waals surface area contributed by atoms with Gasteiger partial charge in [0, 0.05) is 65.4 Å². The molecule has 9 nitrogen and oxygen atoms in total. The molecule has 0 saturated carbocycles. The molecule has 0 radical (unpaired) electrons. The van der Waals surface area contributed by atoms with Crippen molar-refractivity contribution in [2.24, 2.45) is 11.8 Å². The van der Waals surface area contributed by atoms with Gasteiger partial charge in [0.15, 0.2) is 5.78 Å². The number of fused-ring (bicyclic) bond motifs is 1. The van der Waals surface area contributed by atoms with Crippen LogP contribution in [0.15, 0.2) is 6.07 Å². The molecule has 1 N–H and O–H groups in total. The molecule has 0 spiro atoms. The number of carbonyl (C=O) groups excluding carboxylic acids is 3. The number of hydrogen-bond acceptors (Lipinski definition) is 6. The van der Waals surface area contributed by atoms with Gasteiger partial charge in [-0.3, -0.25) is 14.4 Å². The quantitative estimate of drug-likeness (QED) is 0.480. The number of carbonyl (C=O) groups is 3. The SMILES string of the molecule is COCCCCn1c(C(=O)N(CC(C)C)[C@@H]2CNC[C@H](C(=O)N3CCOCC3)C2)cc2c1C(=O)CCC2. The second-order valence-corrected chi connectivity index (χ2v) is 11.1. The van der Waals surface area contributed by atoms with E-state index in [1.165, 1.54) is 0 Å². The van der Waals surface area contributed by atoms with Crippen LogP contribution in [0.5, 0.6) is 0 Å². The predicted molar refractivity (Wildman–Crippen MR) is 141 cm³/mol. The monoisotopic (exact) mass is 516 g/mol. The molecule has 206 valence electrons. The van der Waals surface area contributed by atoms with E-state index in [0.29, 0.717) is 77.6 Å². The van der Waals surface area contributed by atoms with Crippen LogP contribution in [-0.4, -0.2) is 97.7 Å². The van der Waals surface area contributed by atoms with E-state index in [4.69, 9.17) is 9.47 Å². The lowest BCUT2D eigenvalue weighted by molar-refractivity contribution is -0.140. The summed E-state index contributed by atoms with van der Waals surface area (Å²) in [4.78, 5) is 44.3. The van der Waals surface area contributed by atoms with Crippen molar-refractivity contribution < 1.29 is 23.9 Å². The Morgan fingerprint density at radius 1 is 1.19 bits per heavy atom. The van der Waals surface area contributed by atoms with Crippen molar-refractivity contribution in [2.45, 2.75) is 65.0 Å². The highest BCUT2D eigenvalue weighted by molar-refractivity contribution is 6.01. The summed E-state index contributed by atoms with van der Waals surface area (Å²) in [6.07, 6.45) is 4.57. The van der Waals surface area contributed by atoms with Gasteiger partial charge in [-0.25, -0.2) is 0 Å². The Morgan fingerprint density at radius 3 is 2.70 bits per heavy atom. The Kier molecular flexibility index (Phi) is 9.78. The van der Waals surface area contributed by atoms with Gasteiger partial charge >= 0.3 is 0 Å². The topological polar surface area (TPSA) is 93.1 Å². The summed E-state index contributed by atoms with van der Waals surface area (Å²) in [7, 11) is 1.69. The number of methoxy groups -OCH3 is 1. The van der Waals surface area contributed by atoms with Gasteiger partial charge in [0.25, 0.3) is 5.91 Å². The number of aryl methyl sites for hydroxylation is 1. The summed E-state index contributed by atoms with van der Waals surface area (Å²) in [5.41, 5.74) is 2.33. The number of nitrogens with one attached hydrogen (secondary N) is 1. The van der Waals surface area contributed by atoms with Gasteiger partial charge < -0.3 is 29.2 Å². The molecule has 0 aromatic carbocycles. The molecule has 1 aliphatic carbocycles. The van der Waals surface area contributed by atoms with Crippen LogP contribution in [0.1, 0.15) is 72.5 Å². The molecule has 4 rings (SSSR count). The zero-order valence-corrected chi connectivity index (χ0v) is 22.8. The van der Waals surface area contributed by atoms with Crippen LogP contribution in [0, 0.1) is 11.8 Å². The number of rotatable bonds is 10. The molecule has 3 heterocycles. The van der Waals surface area contributed by atoms with Crippen molar-refractivity contribution in [3.05, 3.63) is 23.0 Å². The molecule has 2 aliphatic heterocycles. The van der Waals surface area contributed by atoms with Gasteiger partial charge in [-0.05, 0) is 49.7 Å². The molecular weight excluding hydrogens is 472 g/mol. The number of ketones is 1. The van der Waals surface area contributed by atoms with E-state index < -0.39 is 0 Å². The first-order valence-corrected chi connectivity index (χ1v) is 14.0. The third-order valence-corrected chi connectivity index (χ3v) is 7.75. The fraction of sp³-hybridized carbons (Fsp3) is 0.750. The number of nitrogens with zero attached hydrogens (tertiary/aromatic N) is 3. The van der Waals surface area contributed by atoms with Crippen molar-refractivity contribution in [2.75, 3.05) is 59.7 Å². The number of aromatic nitrogens is 1. The molecule has 1 aromatic rings. The summed E-state index contributed by atoms with van der Waals surface area (Å²) >= 11 is 0. The Bertz CT molecular complexity index is 953. The maximum atomic E-state index is 14.2. The number of hydrogen-bond donors (Lipinski definition) is 1. The first kappa shape index (κ1) is 27.8. The second kappa shape index (κ2) is 13.0. The third kappa shape index (κ3) is 6.62. The molecule has 9 heteroatoms. The van der Waals surface area contributed by atoms with Gasteiger partial charge in [0.1, 0.15) is 5.69 Å². The summed E-state index contributed by atoms with van der Waals surface area (Å²) in [5.74, 6) is 0.377. The van der Waals surface area contributed by atoms with Crippen LogP contribution in [-0.2, 0) is 27.2 Å². The predicted octanol–water partition coefficient (Wildman–Crippen LogP) is 2.37. The fourth-order valence-electron chi connectivity index (χ4n) is 5.93. The van der Waals surface area contributed by atoms with Crippen molar-refractivity contribution >= 4 is 17.6 Å². The normalized spacial score (nSPS) is 22.3. The van der Waals surface area contributed by atoms with Gasteiger partial charge in [-0.15, -0.1) is 0 Å². The molecular formula is C28H44N4O5. The first-order valence-electron chi connectivity index (χ1n) is 14.0. The highest BCUT2D eigenvalue weighted by atomic mass is 16.5. The van der Waals surface area contributed by atoms with Crippen LogP contribution in [0.4, 0.5) is 0 Å². The van der Waals surface area contributed by atoms with Crippen LogP contribution < -0.4 is 5.32 Å². The number of unbranched alkanes of at least 4 members (excludes halogenated alkanes) is 1. The summed E-state index contributed by atoms with van der Waals surface area (Å²) in [6.45, 7) is 9.85. The highest BCUT2D eigenvalue weighted by Crippen LogP contribution is 2.29. The molecule has 0 bridgehead atoms. The Hall–Kier alpha value is -2.23. The molecule has 3 aliphatic rings. The third-order valence-electron chi connectivity index (χ3n) is 7.75. The minimum atomic E-state index is -0.157. The average molecular weight is 517 g/mol. The van der Waals surface area contributed by atoms with Crippen molar-refractivity contribution in [1.82, 2.24) is 19.7 Å². The Balaban J connectivity index is 1.57. The average Bonchev–Trinajstić information content (AvgIpc) is 3.29. The number of amides is 2. The van der Waals surface area contributed by atoms with Gasteiger partial charge in [-0.2, -0.15) is 0 Å². The fourth-order valence-corrected chi connectivity index (χ4v) is 5.93. The molecule has 2 atom stereocenters. The lowest BCUT2D eigenvalue weighted by Crippen LogP contribution is -2.56. The largest absolute Gasteiger partial charge is 0.385 e. The summed E-state index contributed by atoms with van der Waals surface area (Å²) < 4.78 is 12.6. The van der Waals surface area contributed by atoms with Gasteiger partial charge in [0.05, 0.1) is 24.8 Å². The lowest BCUT2D eigenvalue weighted by Gasteiger charge is -2.40. The minimum Gasteiger partial charge on any atom is -0.385 e. The van der Waals surface area contributed by atoms with Crippen molar-refractivity contribution in [3.8, 4) is 0 Å². The Labute approximate surface area is 220 Å². The molecule has 37 heavy (non-hydrogen) atoms. The van der Waals surface area contributed by atoms with Crippen LogP contribution in [0.3, 0.4) is 0 Å². The Morgan fingerprint density at radius 2 is 1.97 bits per heavy atom. The van der Waals surface area contributed by atoms with Crippen LogP contribution in [0.2, 0.25) is 0 Å². The molecule has 2 fully saturated rings. The van der Waals surface area contributed by atoms with Crippen molar-refractivity contribution in [3.63, 3.8) is 0 Å². The summed E-state index contributed by atoms with van der Waals surface area (Å²) in [6, 6.07) is 1.88. The van der Waals surface area contributed by atoms with E-state index in [1.807, 2.05) is 20.4 Å². The molecule has 1 aromatic heterocycles. The smallest absolute Gasteiger partial charge is 0.270 e. The molecule has 0 unspecified atom stereocenters. The standard InChI is InChI=1S/C28H44N4O5/c1-20(2)19-32(23-15-22(17-29-18-23)27(34)30-10-13-37-14-11-30)28(35)24-16-21-7-6-8-25(33)26(21)31(24)9-4-5-12-36-3/h16,20,22-23,29H,4-15,17-19H2,1-3H3/t22-,23+/m1/s1. The minimum absolute atomic E-state index is 0.0334. The number of piperidine rings is 1. The lowest BCUT2D eigenvalue weighted by atomic mass is 9.92. The highest BCUT2D eigenvalue weighted by Gasteiger charge is 2.37. The van der Waals surface area contributed by atoms with Crippen LogP contribution >= 0.6 is 0 Å². The van der Waals surface area contributed by atoms with E-state index in [-0.39, 0.29) is 35.5 Å². The number of morpholine rings is 1. The zero-order valence-electron chi connectivity index (χ0n) is 22.8. The van der Waals surface area contributed by atoms with Gasteiger partial charge in [-0.1, -0.05) is 13.8 Å². The van der Waals surface area contributed by atoms with Crippen LogP contribution in [0.25, 0.3) is 0 Å². The maximum Gasteiger partial charge on any atom is 0.270 e. The van der Waals surface area contributed by atoms with E-state index >= 15 is 0 Å². The second-order valence-electron chi connectivity index (χ2n) is 11.1. The van der Waals surface area contributed by atoms with E-state index in [9.17, 15) is 14.4 Å².